The minimum atomic E-state index is 0. The predicted octanol–water partition coefficient (Wildman–Crippen LogP) is 0.0615. The number of aromatic nitrogens is 4. The van der Waals surface area contributed by atoms with Crippen LogP contribution < -0.4 is 8.81 Å². The van der Waals surface area contributed by atoms with E-state index in [4.69, 9.17) is 5.73 Å². The average molecular weight is 546 g/mol. The largest absolute Gasteiger partial charge is 0.999 e. The van der Waals surface area contributed by atoms with Crippen LogP contribution in [0.4, 0.5) is 5.95 Å². The van der Waals surface area contributed by atoms with Gasteiger partial charge in [0.05, 0.1) is 6.33 Å². The maximum Gasteiger partial charge on any atom is -0.800 e. The van der Waals surface area contributed by atoms with Crippen LogP contribution in [0.25, 0.3) is 11.2 Å². The fraction of sp³-hybridized carbons (Fsp3) is 0. The molecule has 0 fully saturated rings. The molecule has 0 saturated heterocycles. The molecular weight excluding hydrogens is 539 g/mol. The Kier molecular flexibility index (Phi) is 9.02. The monoisotopic (exact) mass is 547 g/mol. The second-order valence-corrected chi connectivity index (χ2v) is 6.93. The van der Waals surface area contributed by atoms with Crippen LogP contribution in [0.2, 0.25) is 0 Å². The number of nitrogens with zero attached hydrogens (tertiary/aromatic N) is 2. The minimum Gasteiger partial charge on any atom is -0.999 e. The van der Waals surface area contributed by atoms with E-state index in [1.165, 1.54) is 3.07 Å². The van der Waals surface area contributed by atoms with Gasteiger partial charge in [0, 0.05) is 17.1 Å². The number of nitrogen functional groups attached to an aromatic ring is 1. The minimum absolute atomic E-state index is 0. The number of hydrogen-bond donors (Lipinski definition) is 3. The fourth-order valence-electron chi connectivity index (χ4n) is 1.30. The van der Waals surface area contributed by atoms with Crippen molar-refractivity contribution < 1.29 is 43.2 Å². The SMILES string of the molecule is Nc1nc2[nH]cnc2c(=[SH+])[nH]1.[Fe].[Hg][c-]1[c-][c-][c-][c-]1.[c-]1[c-][c-][cH-][c-]1. The summed E-state index contributed by atoms with van der Waals surface area (Å²) in [5.41, 5.74) is 6.76. The zero-order valence-electron chi connectivity index (χ0n) is 11.6. The van der Waals surface area contributed by atoms with Crippen LogP contribution in [0.5, 0.6) is 0 Å². The topological polar surface area (TPSA) is 83.4 Å². The molecule has 0 saturated carbocycles. The van der Waals surface area contributed by atoms with Gasteiger partial charge >= 0.3 is 58.1 Å². The van der Waals surface area contributed by atoms with Gasteiger partial charge in [-0.25, -0.2) is 4.98 Å². The molecule has 0 aliphatic rings. The van der Waals surface area contributed by atoms with E-state index in [0.29, 0.717) is 47.9 Å². The van der Waals surface area contributed by atoms with Crippen molar-refractivity contribution in [3.8, 4) is 0 Å². The van der Waals surface area contributed by atoms with Gasteiger partial charge in [-0.3, -0.25) is 4.98 Å². The third-order valence-corrected chi connectivity index (χ3v) is 3.86. The Morgan fingerprint density at radius 2 is 1.87 bits per heavy atom. The molecule has 4 aromatic rings. The molecule has 0 aliphatic carbocycles. The Hall–Kier alpha value is -1.28. The molecule has 23 heavy (non-hydrogen) atoms. The van der Waals surface area contributed by atoms with Crippen molar-refractivity contribution in [2.45, 2.75) is 0 Å². The molecular formula is C15H7FeHgN5S-9. The van der Waals surface area contributed by atoms with E-state index in [1.807, 2.05) is 0 Å². The normalized spacial score (nSPS) is 9.13. The summed E-state index contributed by atoms with van der Waals surface area (Å²) < 4.78 is 1.80. The Morgan fingerprint density at radius 1 is 1.22 bits per heavy atom. The van der Waals surface area contributed by atoms with Gasteiger partial charge in [0.2, 0.25) is 5.95 Å². The van der Waals surface area contributed by atoms with Gasteiger partial charge in [-0.2, -0.15) is 4.98 Å². The van der Waals surface area contributed by atoms with Gasteiger partial charge in [-0.15, -0.1) is 0 Å². The number of hydrogen-bond acceptors (Lipinski definition) is 3. The van der Waals surface area contributed by atoms with E-state index in [9.17, 15) is 0 Å². The van der Waals surface area contributed by atoms with Gasteiger partial charge < -0.3 is 41.0 Å². The Morgan fingerprint density at radius 3 is 2.35 bits per heavy atom. The van der Waals surface area contributed by atoms with Crippen LogP contribution in [-0.4, -0.2) is 19.9 Å². The van der Waals surface area contributed by atoms with E-state index >= 15 is 0 Å². The molecule has 0 amide bonds. The quantitative estimate of drug-likeness (QED) is 0.0961. The molecule has 8 heteroatoms. The molecule has 0 atom stereocenters. The third kappa shape index (κ3) is 6.79. The van der Waals surface area contributed by atoms with Gasteiger partial charge in [0.1, 0.15) is 0 Å². The van der Waals surface area contributed by atoms with Crippen LogP contribution in [0.15, 0.2) is 12.4 Å². The summed E-state index contributed by atoms with van der Waals surface area (Å²) in [6.45, 7) is 0. The van der Waals surface area contributed by atoms with Crippen molar-refractivity contribution in [3.05, 3.63) is 65.6 Å². The summed E-state index contributed by atoms with van der Waals surface area (Å²) in [4.78, 5) is 13.5. The molecule has 4 N–H and O–H groups in total. The predicted molar refractivity (Wildman–Crippen MR) is 79.0 cm³/mol. The van der Waals surface area contributed by atoms with Gasteiger partial charge in [-0.05, 0) is 0 Å². The number of anilines is 1. The first kappa shape index (κ1) is 19.8. The number of fused-ring (bicyclic) bond motifs is 1. The van der Waals surface area contributed by atoms with Crippen molar-refractivity contribution >= 4 is 32.4 Å². The van der Waals surface area contributed by atoms with E-state index in [0.717, 1.165) is 0 Å². The van der Waals surface area contributed by atoms with Crippen LogP contribution in [0.1, 0.15) is 0 Å². The number of rotatable bonds is 0. The number of nitrogens with one attached hydrogen (secondary N) is 2. The van der Waals surface area contributed by atoms with Crippen molar-refractivity contribution in [1.82, 2.24) is 19.9 Å². The van der Waals surface area contributed by atoms with E-state index in [-0.39, 0.29) is 17.1 Å². The van der Waals surface area contributed by atoms with E-state index < -0.39 is 0 Å². The molecule has 2 aromatic carbocycles. The van der Waals surface area contributed by atoms with E-state index in [1.54, 1.807) is 12.4 Å². The summed E-state index contributed by atoms with van der Waals surface area (Å²) >= 11 is 4.80. The Bertz CT molecular complexity index is 819. The zero-order valence-corrected chi connectivity index (χ0v) is 19.1. The third-order valence-electron chi connectivity index (χ3n) is 2.16. The second kappa shape index (κ2) is 10.5. The van der Waals surface area contributed by atoms with Crippen LogP contribution in [-0.2, 0) is 55.4 Å². The molecule has 0 aliphatic heterocycles. The number of imidazole rings is 1. The first-order valence-electron chi connectivity index (χ1n) is 5.91. The maximum atomic E-state index is 5.42. The standard InChI is InChI=1S/C5H5N5S.C5H.C5.Fe.Hg/c6-5-9-3-2(4(11)10-5)7-1-8-3;2*1-2-4-5-3-1;;/h1H,(H4,6,7,8,9,10,11);1H;;;/q;2*-5;;/p+1. The Balaban J connectivity index is 0.000000188. The van der Waals surface area contributed by atoms with Crippen LogP contribution >= 0.6 is 0 Å². The molecule has 117 valence electrons. The summed E-state index contributed by atoms with van der Waals surface area (Å²) in [5.74, 6) is 0.326. The molecule has 4 rings (SSSR count). The summed E-state index contributed by atoms with van der Waals surface area (Å²) in [7, 11) is 0. The second-order valence-electron chi connectivity index (χ2n) is 3.73. The molecule has 2 aromatic heterocycles. The molecule has 0 spiro atoms. The summed E-state index contributed by atoms with van der Waals surface area (Å²) in [5, 5.41) is 0. The number of nitrogens with two attached hydrogens (primary N) is 1. The van der Waals surface area contributed by atoms with Crippen molar-refractivity contribution in [2.75, 3.05) is 5.73 Å². The molecule has 0 unspecified atom stereocenters. The van der Waals surface area contributed by atoms with Crippen molar-refractivity contribution in [1.29, 1.82) is 0 Å². The smallest absolute Gasteiger partial charge is 0.800 e. The van der Waals surface area contributed by atoms with Crippen LogP contribution in [0.3, 0.4) is 0 Å². The molecule has 0 radical (unpaired) electrons. The van der Waals surface area contributed by atoms with E-state index in [2.05, 4.69) is 80.7 Å². The molecule has 5 nitrogen and oxygen atoms in total. The first-order valence-corrected chi connectivity index (χ1v) is 9.11. The van der Waals surface area contributed by atoms with Crippen LogP contribution in [0, 0.1) is 53.2 Å². The summed E-state index contributed by atoms with van der Waals surface area (Å²) in [6, 6.07) is 23.0. The number of thiol groups is 1. The Labute approximate surface area is 165 Å². The zero-order chi connectivity index (χ0) is 15.8. The molecule has 2 heterocycles. The molecule has 0 bridgehead atoms. The van der Waals surface area contributed by atoms with Gasteiger partial charge in [-0.1, -0.05) is 0 Å². The average Bonchev–Trinajstić information content (AvgIpc) is 3.23. The maximum absolute atomic E-state index is 5.42. The number of H-pyrrole nitrogens is 2. The fourth-order valence-corrected chi connectivity index (χ4v) is 2.27. The van der Waals surface area contributed by atoms with Crippen molar-refractivity contribution in [3.63, 3.8) is 0 Å². The summed E-state index contributed by atoms with van der Waals surface area (Å²) in [6.07, 6.45) is 1.55. The first-order chi connectivity index (χ1) is 10.7. The van der Waals surface area contributed by atoms with Gasteiger partial charge in [0.15, 0.2) is 23.4 Å². The number of aromatic amines is 2. The van der Waals surface area contributed by atoms with Crippen molar-refractivity contribution in [2.24, 2.45) is 0 Å². The van der Waals surface area contributed by atoms with Gasteiger partial charge in [0.25, 0.3) is 0 Å².